The number of nitrogens with zero attached hydrogens (tertiary/aromatic N) is 3. The van der Waals surface area contributed by atoms with Gasteiger partial charge in [0.2, 0.25) is 0 Å². The molecular formula is C22H25N3OS. The molecule has 0 spiro atoms. The Hall–Kier alpha value is -2.11. The van der Waals surface area contributed by atoms with Crippen molar-refractivity contribution in [3.8, 4) is 5.69 Å². The van der Waals surface area contributed by atoms with Gasteiger partial charge in [0.25, 0.3) is 0 Å². The molecule has 3 aromatic rings. The molecule has 1 aliphatic carbocycles. The summed E-state index contributed by atoms with van der Waals surface area (Å²) < 4.78 is 2.13. The van der Waals surface area contributed by atoms with E-state index >= 15 is 0 Å². The third-order valence-corrected chi connectivity index (χ3v) is 6.38. The average molecular weight is 380 g/mol. The van der Waals surface area contributed by atoms with Crippen molar-refractivity contribution in [2.75, 3.05) is 5.75 Å². The molecule has 1 fully saturated rings. The molecule has 4 nitrogen and oxygen atoms in total. The summed E-state index contributed by atoms with van der Waals surface area (Å²) in [6, 6.07) is 20.6. The molecule has 1 N–H and O–H groups in total. The molecule has 0 bridgehead atoms. The van der Waals surface area contributed by atoms with Crippen LogP contribution in [0.15, 0.2) is 65.8 Å². The van der Waals surface area contributed by atoms with Crippen molar-refractivity contribution in [3.05, 3.63) is 72.1 Å². The molecule has 1 aromatic heterocycles. The van der Waals surface area contributed by atoms with Crippen LogP contribution in [-0.4, -0.2) is 31.2 Å². The Morgan fingerprint density at radius 2 is 1.56 bits per heavy atom. The van der Waals surface area contributed by atoms with Crippen LogP contribution < -0.4 is 0 Å². The van der Waals surface area contributed by atoms with Gasteiger partial charge in [-0.1, -0.05) is 79.6 Å². The molecule has 0 atom stereocenters. The number of benzene rings is 2. The molecule has 0 radical (unpaired) electrons. The lowest BCUT2D eigenvalue weighted by Gasteiger charge is -2.31. The molecule has 0 aliphatic heterocycles. The number of rotatable bonds is 6. The monoisotopic (exact) mass is 379 g/mol. The van der Waals surface area contributed by atoms with Gasteiger partial charge in [0.05, 0.1) is 5.60 Å². The molecule has 27 heavy (non-hydrogen) atoms. The van der Waals surface area contributed by atoms with Crippen molar-refractivity contribution in [2.24, 2.45) is 0 Å². The minimum atomic E-state index is -0.573. The first-order chi connectivity index (χ1) is 13.2. The molecular weight excluding hydrogens is 354 g/mol. The van der Waals surface area contributed by atoms with E-state index in [-0.39, 0.29) is 0 Å². The zero-order valence-electron chi connectivity index (χ0n) is 15.4. The summed E-state index contributed by atoms with van der Waals surface area (Å²) in [6.07, 6.45) is 5.96. The van der Waals surface area contributed by atoms with Crippen molar-refractivity contribution in [3.63, 3.8) is 0 Å². The van der Waals surface area contributed by atoms with Gasteiger partial charge in [-0.25, -0.2) is 0 Å². The van der Waals surface area contributed by atoms with Gasteiger partial charge >= 0.3 is 0 Å². The summed E-state index contributed by atoms with van der Waals surface area (Å²) in [4.78, 5) is 0. The second-order valence-corrected chi connectivity index (χ2v) is 8.25. The van der Waals surface area contributed by atoms with Crippen LogP contribution >= 0.6 is 11.8 Å². The van der Waals surface area contributed by atoms with Crippen LogP contribution in [0.25, 0.3) is 5.69 Å². The Morgan fingerprint density at radius 3 is 2.26 bits per heavy atom. The third-order valence-electron chi connectivity index (χ3n) is 5.17. The second-order valence-electron chi connectivity index (χ2n) is 7.31. The van der Waals surface area contributed by atoms with Crippen LogP contribution in [0.3, 0.4) is 0 Å². The van der Waals surface area contributed by atoms with Crippen LogP contribution in [0.5, 0.6) is 0 Å². The highest BCUT2D eigenvalue weighted by atomic mass is 32.2. The lowest BCUT2D eigenvalue weighted by molar-refractivity contribution is 0.0272. The van der Waals surface area contributed by atoms with Crippen LogP contribution in [0.1, 0.15) is 43.5 Å². The van der Waals surface area contributed by atoms with E-state index in [9.17, 15) is 5.11 Å². The minimum Gasteiger partial charge on any atom is -0.389 e. The van der Waals surface area contributed by atoms with E-state index in [4.69, 9.17) is 0 Å². The van der Waals surface area contributed by atoms with Gasteiger partial charge in [-0.15, -0.1) is 10.2 Å². The maximum absolute atomic E-state index is 10.9. The Morgan fingerprint density at radius 1 is 0.889 bits per heavy atom. The molecule has 140 valence electrons. The van der Waals surface area contributed by atoms with Gasteiger partial charge < -0.3 is 5.11 Å². The van der Waals surface area contributed by atoms with Crippen LogP contribution in [-0.2, 0) is 6.42 Å². The first-order valence-electron chi connectivity index (χ1n) is 9.62. The minimum absolute atomic E-state index is 0.573. The van der Waals surface area contributed by atoms with Crippen molar-refractivity contribution in [1.29, 1.82) is 0 Å². The largest absolute Gasteiger partial charge is 0.389 e. The van der Waals surface area contributed by atoms with Crippen LogP contribution in [0.2, 0.25) is 0 Å². The number of hydrogen-bond donors (Lipinski definition) is 1. The Balaban J connectivity index is 1.61. The first kappa shape index (κ1) is 18.3. The highest BCUT2D eigenvalue weighted by molar-refractivity contribution is 7.99. The Labute approximate surface area is 164 Å². The SMILES string of the molecule is OC1(CSc2nnc(Cc3ccccc3)n2-c2ccccc2)CCCCC1. The maximum atomic E-state index is 10.9. The fraction of sp³-hybridized carbons (Fsp3) is 0.364. The summed E-state index contributed by atoms with van der Waals surface area (Å²) in [5, 5.41) is 20.7. The molecule has 5 heteroatoms. The Kier molecular flexibility index (Phi) is 5.60. The smallest absolute Gasteiger partial charge is 0.195 e. The predicted octanol–water partition coefficient (Wildman–Crippen LogP) is 4.65. The molecule has 1 aliphatic rings. The van der Waals surface area contributed by atoms with Gasteiger partial charge in [0.1, 0.15) is 5.82 Å². The summed E-state index contributed by atoms with van der Waals surface area (Å²) in [5.41, 5.74) is 1.70. The summed E-state index contributed by atoms with van der Waals surface area (Å²) in [5.74, 6) is 1.59. The number of thioether (sulfide) groups is 1. The predicted molar refractivity (Wildman–Crippen MR) is 109 cm³/mol. The first-order valence-corrected chi connectivity index (χ1v) is 10.6. The molecule has 0 amide bonds. The van der Waals surface area contributed by atoms with E-state index in [1.54, 1.807) is 11.8 Å². The lowest BCUT2D eigenvalue weighted by atomic mass is 9.86. The molecule has 4 rings (SSSR count). The fourth-order valence-electron chi connectivity index (χ4n) is 3.68. The van der Waals surface area contributed by atoms with E-state index in [1.165, 1.54) is 12.0 Å². The van der Waals surface area contributed by atoms with Gasteiger partial charge in [0, 0.05) is 17.9 Å². The highest BCUT2D eigenvalue weighted by Gasteiger charge is 2.30. The third kappa shape index (κ3) is 4.42. The number of hydrogen-bond acceptors (Lipinski definition) is 4. The number of para-hydroxylation sites is 1. The summed E-state index contributed by atoms with van der Waals surface area (Å²) in [7, 11) is 0. The summed E-state index contributed by atoms with van der Waals surface area (Å²) in [6.45, 7) is 0. The lowest BCUT2D eigenvalue weighted by Crippen LogP contribution is -2.34. The van der Waals surface area contributed by atoms with E-state index in [0.29, 0.717) is 5.75 Å². The summed E-state index contributed by atoms with van der Waals surface area (Å²) >= 11 is 1.62. The van der Waals surface area contributed by atoms with Crippen molar-refractivity contribution >= 4 is 11.8 Å². The highest BCUT2D eigenvalue weighted by Crippen LogP contribution is 2.34. The van der Waals surface area contributed by atoms with Crippen LogP contribution in [0, 0.1) is 0 Å². The van der Waals surface area contributed by atoms with E-state index in [0.717, 1.165) is 48.8 Å². The Bertz CT molecular complexity index is 858. The molecule has 0 unspecified atom stereocenters. The zero-order chi connectivity index (χ0) is 18.5. The maximum Gasteiger partial charge on any atom is 0.195 e. The van der Waals surface area contributed by atoms with E-state index in [1.807, 2.05) is 36.4 Å². The standard InChI is InChI=1S/C22H25N3OS/c26-22(14-8-3-9-15-22)17-27-21-24-23-20(16-18-10-4-1-5-11-18)25(21)19-12-6-2-7-13-19/h1-2,4-7,10-13,26H,3,8-9,14-17H2. The molecule has 2 aromatic carbocycles. The van der Waals surface area contributed by atoms with Crippen LogP contribution in [0.4, 0.5) is 0 Å². The van der Waals surface area contributed by atoms with E-state index in [2.05, 4.69) is 39.0 Å². The van der Waals surface area contributed by atoms with Crippen molar-refractivity contribution < 1.29 is 5.11 Å². The van der Waals surface area contributed by atoms with Gasteiger partial charge in [-0.05, 0) is 30.5 Å². The van der Waals surface area contributed by atoms with Gasteiger partial charge in [-0.3, -0.25) is 4.57 Å². The number of aromatic nitrogens is 3. The molecule has 0 saturated heterocycles. The fourth-order valence-corrected chi connectivity index (χ4v) is 4.80. The van der Waals surface area contributed by atoms with Crippen molar-refractivity contribution in [2.45, 2.75) is 49.3 Å². The zero-order valence-corrected chi connectivity index (χ0v) is 16.2. The van der Waals surface area contributed by atoms with Gasteiger partial charge in [0.15, 0.2) is 5.16 Å². The van der Waals surface area contributed by atoms with Crippen molar-refractivity contribution in [1.82, 2.24) is 14.8 Å². The van der Waals surface area contributed by atoms with E-state index < -0.39 is 5.60 Å². The average Bonchev–Trinajstić information content (AvgIpc) is 3.11. The number of aliphatic hydroxyl groups is 1. The second kappa shape index (κ2) is 8.28. The molecule has 1 saturated carbocycles. The van der Waals surface area contributed by atoms with Gasteiger partial charge in [-0.2, -0.15) is 0 Å². The molecule has 1 heterocycles. The quantitative estimate of drug-likeness (QED) is 0.634. The normalized spacial score (nSPS) is 16.3. The topological polar surface area (TPSA) is 50.9 Å².